The van der Waals surface area contributed by atoms with Crippen LogP contribution in [-0.4, -0.2) is 48.0 Å². The normalized spacial score (nSPS) is 25.9. The monoisotopic (exact) mass is 492 g/mol. The molecule has 2 heterocycles. The van der Waals surface area contributed by atoms with Gasteiger partial charge in [-0.3, -0.25) is 10.1 Å². The van der Waals surface area contributed by atoms with E-state index in [0.717, 1.165) is 12.1 Å². The third kappa shape index (κ3) is 8.41. The first-order chi connectivity index (χ1) is 16.8. The number of nitrogens with zero attached hydrogens (tertiary/aromatic N) is 1. The van der Waals surface area contributed by atoms with Crippen molar-refractivity contribution >= 4 is 11.4 Å². The Morgan fingerprint density at radius 1 is 0.971 bits per heavy atom. The number of hydrogen-bond donors (Lipinski definition) is 1. The zero-order valence-corrected chi connectivity index (χ0v) is 21.9. The fourth-order valence-electron chi connectivity index (χ4n) is 4.94. The number of nitrogens with one attached hydrogen (secondary N) is 1. The molecule has 1 aromatic carbocycles. The summed E-state index contributed by atoms with van der Waals surface area (Å²) in [6, 6.07) is 6.29. The quantitative estimate of drug-likeness (QED) is 0.158. The Hall–Kier alpha value is -1.74. The number of fused-ring (bicyclic) bond motifs is 1. The van der Waals surface area contributed by atoms with Crippen LogP contribution in [0.4, 0.5) is 11.4 Å². The van der Waals surface area contributed by atoms with Gasteiger partial charge >= 0.3 is 0 Å². The van der Waals surface area contributed by atoms with Crippen LogP contribution in [0, 0.1) is 10.1 Å². The smallest absolute Gasteiger partial charge is 0.269 e. The van der Waals surface area contributed by atoms with E-state index >= 15 is 0 Å². The number of ether oxygens (including phenoxy) is 4. The van der Waals surface area contributed by atoms with Crippen LogP contribution in [0.1, 0.15) is 91.9 Å². The lowest BCUT2D eigenvalue weighted by Gasteiger charge is -2.28. The lowest BCUT2D eigenvalue weighted by Crippen LogP contribution is -2.41. The number of hydrogen-bond acceptors (Lipinski definition) is 7. The first kappa shape index (κ1) is 27.8. The van der Waals surface area contributed by atoms with Gasteiger partial charge in [0.05, 0.1) is 11.0 Å². The van der Waals surface area contributed by atoms with Crippen molar-refractivity contribution < 1.29 is 23.9 Å². The standard InChI is InChI=1S/C27H44N2O6/c1-5-6-7-8-9-10-11-12-13-14-19-32-26-25-24(34-27(3,4)35-25)23(33-26)20(2)28-21-15-17-22(18-16-21)29(30)31/h15-18,20,23-26,28H,5-14,19H2,1-4H3/t20?,23-,24-,25-,26-/m1/s1. The first-order valence-corrected chi connectivity index (χ1v) is 13.4. The summed E-state index contributed by atoms with van der Waals surface area (Å²) < 4.78 is 24.7. The molecule has 0 bridgehead atoms. The summed E-state index contributed by atoms with van der Waals surface area (Å²) in [6.45, 7) is 8.74. The molecule has 2 aliphatic heterocycles. The molecule has 0 radical (unpaired) electrons. The summed E-state index contributed by atoms with van der Waals surface area (Å²) in [5, 5.41) is 14.3. The van der Waals surface area contributed by atoms with Gasteiger partial charge in [0.15, 0.2) is 12.1 Å². The number of benzene rings is 1. The molecule has 1 aromatic rings. The van der Waals surface area contributed by atoms with Crippen molar-refractivity contribution in [2.24, 2.45) is 0 Å². The largest absolute Gasteiger partial charge is 0.380 e. The number of anilines is 1. The zero-order valence-electron chi connectivity index (χ0n) is 21.9. The maximum Gasteiger partial charge on any atom is 0.269 e. The number of nitro groups is 1. The van der Waals surface area contributed by atoms with Crippen molar-refractivity contribution in [3.63, 3.8) is 0 Å². The number of nitro benzene ring substituents is 1. The molecule has 2 aliphatic rings. The minimum absolute atomic E-state index is 0.0649. The molecule has 0 aromatic heterocycles. The number of unbranched alkanes of at least 4 members (excludes halogenated alkanes) is 9. The van der Waals surface area contributed by atoms with E-state index < -0.39 is 17.0 Å². The van der Waals surface area contributed by atoms with Crippen molar-refractivity contribution in [3.8, 4) is 0 Å². The average molecular weight is 493 g/mol. The summed E-state index contributed by atoms with van der Waals surface area (Å²) in [4.78, 5) is 10.5. The predicted molar refractivity (Wildman–Crippen MR) is 136 cm³/mol. The predicted octanol–water partition coefficient (Wildman–Crippen LogP) is 6.58. The van der Waals surface area contributed by atoms with Crippen LogP contribution >= 0.6 is 0 Å². The van der Waals surface area contributed by atoms with Crippen LogP contribution in [0.2, 0.25) is 0 Å². The van der Waals surface area contributed by atoms with Crippen molar-refractivity contribution in [2.45, 2.75) is 128 Å². The van der Waals surface area contributed by atoms with Gasteiger partial charge in [-0.15, -0.1) is 0 Å². The molecular formula is C27H44N2O6. The minimum atomic E-state index is -0.691. The van der Waals surface area contributed by atoms with Gasteiger partial charge in [-0.25, -0.2) is 0 Å². The highest BCUT2D eigenvalue weighted by molar-refractivity contribution is 5.49. The van der Waals surface area contributed by atoms with E-state index in [-0.39, 0.29) is 30.0 Å². The molecule has 2 saturated heterocycles. The second kappa shape index (κ2) is 13.5. The number of non-ortho nitro benzene ring substituents is 1. The highest BCUT2D eigenvalue weighted by Gasteiger charge is 2.57. The molecule has 1 N–H and O–H groups in total. The van der Waals surface area contributed by atoms with E-state index in [1.807, 2.05) is 20.8 Å². The Morgan fingerprint density at radius 3 is 2.14 bits per heavy atom. The van der Waals surface area contributed by atoms with Crippen LogP contribution in [0.5, 0.6) is 0 Å². The maximum atomic E-state index is 10.9. The molecule has 0 aliphatic carbocycles. The Balaban J connectivity index is 1.42. The lowest BCUT2D eigenvalue weighted by atomic mass is 10.0. The molecule has 0 amide bonds. The van der Waals surface area contributed by atoms with Crippen LogP contribution in [0.25, 0.3) is 0 Å². The summed E-state index contributed by atoms with van der Waals surface area (Å²) >= 11 is 0. The Labute approximate surface area is 210 Å². The van der Waals surface area contributed by atoms with Crippen LogP contribution in [-0.2, 0) is 18.9 Å². The fourth-order valence-corrected chi connectivity index (χ4v) is 4.94. The molecule has 3 rings (SSSR count). The zero-order chi connectivity index (χ0) is 25.3. The van der Waals surface area contributed by atoms with E-state index in [9.17, 15) is 10.1 Å². The minimum Gasteiger partial charge on any atom is -0.380 e. The van der Waals surface area contributed by atoms with Gasteiger partial charge < -0.3 is 24.3 Å². The molecule has 2 fully saturated rings. The molecule has 8 heteroatoms. The van der Waals surface area contributed by atoms with Crippen LogP contribution < -0.4 is 5.32 Å². The highest BCUT2D eigenvalue weighted by atomic mass is 16.8. The van der Waals surface area contributed by atoms with Gasteiger partial charge in [-0.05, 0) is 39.3 Å². The lowest BCUT2D eigenvalue weighted by molar-refractivity contribution is -0.384. The van der Waals surface area contributed by atoms with Gasteiger partial charge in [0.1, 0.15) is 18.3 Å². The molecule has 8 nitrogen and oxygen atoms in total. The molecule has 198 valence electrons. The highest BCUT2D eigenvalue weighted by Crippen LogP contribution is 2.40. The third-order valence-corrected chi connectivity index (χ3v) is 6.79. The van der Waals surface area contributed by atoms with Gasteiger partial charge in [0.2, 0.25) is 0 Å². The van der Waals surface area contributed by atoms with Crippen molar-refractivity contribution in [1.29, 1.82) is 0 Å². The van der Waals surface area contributed by atoms with E-state index in [1.54, 1.807) is 12.1 Å². The van der Waals surface area contributed by atoms with E-state index in [4.69, 9.17) is 18.9 Å². The third-order valence-electron chi connectivity index (χ3n) is 6.79. The van der Waals surface area contributed by atoms with E-state index in [2.05, 4.69) is 12.2 Å². The van der Waals surface area contributed by atoms with Gasteiger partial charge in [0, 0.05) is 24.4 Å². The van der Waals surface area contributed by atoms with E-state index in [0.29, 0.717) is 6.61 Å². The second-order valence-corrected chi connectivity index (χ2v) is 10.3. The first-order valence-electron chi connectivity index (χ1n) is 13.4. The Bertz CT molecular complexity index is 771. The van der Waals surface area contributed by atoms with Crippen molar-refractivity contribution in [2.75, 3.05) is 11.9 Å². The average Bonchev–Trinajstić information content (AvgIpc) is 3.30. The molecular weight excluding hydrogens is 448 g/mol. The summed E-state index contributed by atoms with van der Waals surface area (Å²) in [6.07, 6.45) is 11.6. The summed E-state index contributed by atoms with van der Waals surface area (Å²) in [7, 11) is 0. The van der Waals surface area contributed by atoms with Gasteiger partial charge in [-0.1, -0.05) is 64.7 Å². The van der Waals surface area contributed by atoms with Crippen LogP contribution in [0.15, 0.2) is 24.3 Å². The van der Waals surface area contributed by atoms with Crippen molar-refractivity contribution in [3.05, 3.63) is 34.4 Å². The maximum absolute atomic E-state index is 10.9. The Kier molecular flexibility index (Phi) is 10.8. The molecule has 35 heavy (non-hydrogen) atoms. The molecule has 1 unspecified atom stereocenters. The summed E-state index contributed by atoms with van der Waals surface area (Å²) in [5.41, 5.74) is 0.853. The Morgan fingerprint density at radius 2 is 1.54 bits per heavy atom. The molecule has 0 spiro atoms. The molecule has 0 saturated carbocycles. The number of rotatable bonds is 16. The van der Waals surface area contributed by atoms with Gasteiger partial charge in [0.25, 0.3) is 5.69 Å². The topological polar surface area (TPSA) is 92.1 Å². The van der Waals surface area contributed by atoms with Crippen molar-refractivity contribution in [1.82, 2.24) is 0 Å². The van der Waals surface area contributed by atoms with Crippen LogP contribution in [0.3, 0.4) is 0 Å². The fraction of sp³-hybridized carbons (Fsp3) is 0.778. The van der Waals surface area contributed by atoms with Gasteiger partial charge in [-0.2, -0.15) is 0 Å². The summed E-state index contributed by atoms with van der Waals surface area (Å²) in [5.74, 6) is -0.691. The second-order valence-electron chi connectivity index (χ2n) is 10.3. The van der Waals surface area contributed by atoms with E-state index in [1.165, 1.54) is 69.9 Å². The SMILES string of the molecule is CCCCCCCCCCCCO[C@@H]1O[C@H](C(C)Nc2ccc([N+](=O)[O-])cc2)[C@H]2OC(C)(C)O[C@@H]12. The molecule has 5 atom stereocenters.